The smallest absolute Gasteiger partial charge is 0.331 e. The number of nitrogens with one attached hydrogen (secondary N) is 2. The summed E-state index contributed by atoms with van der Waals surface area (Å²) in [6, 6.07) is -0.428. The van der Waals surface area contributed by atoms with Gasteiger partial charge in [-0.25, -0.2) is 9.59 Å². The summed E-state index contributed by atoms with van der Waals surface area (Å²) in [5.74, 6) is -0.496. The Morgan fingerprint density at radius 3 is 2.33 bits per heavy atom. The lowest BCUT2D eigenvalue weighted by Crippen LogP contribution is -2.54. The molecule has 0 saturated heterocycles. The molecular weight excluding hydrogens is 200 g/mol. The van der Waals surface area contributed by atoms with Gasteiger partial charge in [0.15, 0.2) is 0 Å². The van der Waals surface area contributed by atoms with Crippen molar-refractivity contribution < 1.29 is 19.1 Å². The molecule has 88 valence electrons. The largest absolute Gasteiger partial charge is 0.467 e. The summed E-state index contributed by atoms with van der Waals surface area (Å²) < 4.78 is 9.29. The number of hydrogen-bond donors (Lipinski definition) is 2. The van der Waals surface area contributed by atoms with Crippen LogP contribution in [0.1, 0.15) is 13.8 Å². The Kier molecular flexibility index (Phi) is 5.69. The van der Waals surface area contributed by atoms with E-state index >= 15 is 0 Å². The summed E-state index contributed by atoms with van der Waals surface area (Å²) >= 11 is 0. The van der Waals surface area contributed by atoms with Gasteiger partial charge in [-0.1, -0.05) is 0 Å². The molecule has 0 unspecified atom stereocenters. The van der Waals surface area contributed by atoms with E-state index in [1.807, 2.05) is 0 Å². The predicted molar refractivity (Wildman–Crippen MR) is 54.5 cm³/mol. The zero-order chi connectivity index (χ0) is 11.9. The van der Waals surface area contributed by atoms with Crippen LogP contribution in [0.25, 0.3) is 0 Å². The molecule has 0 bridgehead atoms. The van der Waals surface area contributed by atoms with Crippen LogP contribution in [-0.2, 0) is 14.3 Å². The van der Waals surface area contributed by atoms with Gasteiger partial charge < -0.3 is 20.1 Å². The number of methoxy groups -OCH3 is 2. The maximum absolute atomic E-state index is 11.3. The van der Waals surface area contributed by atoms with E-state index in [9.17, 15) is 9.59 Å². The van der Waals surface area contributed by atoms with Crippen molar-refractivity contribution in [2.75, 3.05) is 27.4 Å². The minimum atomic E-state index is -1.04. The second-order valence-electron chi connectivity index (χ2n) is 3.49. The van der Waals surface area contributed by atoms with Crippen molar-refractivity contribution in [2.24, 2.45) is 0 Å². The molecule has 0 atom stereocenters. The Bertz CT molecular complexity index is 228. The van der Waals surface area contributed by atoms with Crippen LogP contribution in [0.5, 0.6) is 0 Å². The van der Waals surface area contributed by atoms with E-state index in [4.69, 9.17) is 4.74 Å². The molecule has 0 aromatic carbocycles. The minimum Gasteiger partial charge on any atom is -0.467 e. The summed E-state index contributed by atoms with van der Waals surface area (Å²) in [6.45, 7) is 3.94. The van der Waals surface area contributed by atoms with Gasteiger partial charge in [-0.2, -0.15) is 0 Å². The zero-order valence-electron chi connectivity index (χ0n) is 9.55. The van der Waals surface area contributed by atoms with Crippen LogP contribution >= 0.6 is 0 Å². The molecule has 0 saturated carbocycles. The third-order valence-electron chi connectivity index (χ3n) is 1.71. The number of carbonyl (C=O) groups is 2. The van der Waals surface area contributed by atoms with E-state index in [-0.39, 0.29) is 0 Å². The lowest BCUT2D eigenvalue weighted by atomic mass is 10.1. The van der Waals surface area contributed by atoms with Crippen LogP contribution in [-0.4, -0.2) is 44.9 Å². The Balaban J connectivity index is 3.99. The number of carbonyl (C=O) groups excluding carboxylic acids is 2. The summed E-state index contributed by atoms with van der Waals surface area (Å²) in [5.41, 5.74) is -1.04. The molecular formula is C9H18N2O4. The molecule has 0 heterocycles. The Hall–Kier alpha value is -1.30. The molecule has 0 fully saturated rings. The molecule has 0 aromatic rings. The highest BCUT2D eigenvalue weighted by molar-refractivity contribution is 5.86. The third kappa shape index (κ3) is 5.21. The molecule has 0 aliphatic heterocycles. The lowest BCUT2D eigenvalue weighted by molar-refractivity contribution is -0.146. The van der Waals surface area contributed by atoms with Gasteiger partial charge in [0.1, 0.15) is 5.54 Å². The molecule has 0 rings (SSSR count). The average Bonchev–Trinajstić information content (AvgIpc) is 2.16. The van der Waals surface area contributed by atoms with Crippen LogP contribution in [0.2, 0.25) is 0 Å². The van der Waals surface area contributed by atoms with Gasteiger partial charge in [-0.3, -0.25) is 0 Å². The molecule has 0 radical (unpaired) electrons. The number of rotatable bonds is 5. The molecule has 15 heavy (non-hydrogen) atoms. The first-order valence-electron chi connectivity index (χ1n) is 4.57. The van der Waals surface area contributed by atoms with Crippen molar-refractivity contribution in [3.63, 3.8) is 0 Å². The normalized spacial score (nSPS) is 10.7. The number of ether oxygens (including phenoxy) is 2. The fourth-order valence-corrected chi connectivity index (χ4v) is 0.901. The monoisotopic (exact) mass is 218 g/mol. The van der Waals surface area contributed by atoms with Crippen LogP contribution in [0.15, 0.2) is 0 Å². The van der Waals surface area contributed by atoms with Crippen LogP contribution < -0.4 is 10.6 Å². The average molecular weight is 218 g/mol. The van der Waals surface area contributed by atoms with Gasteiger partial charge in [0, 0.05) is 13.7 Å². The Labute approximate surface area is 89.3 Å². The topological polar surface area (TPSA) is 76.7 Å². The van der Waals surface area contributed by atoms with E-state index in [2.05, 4.69) is 15.4 Å². The number of urea groups is 1. The van der Waals surface area contributed by atoms with E-state index < -0.39 is 17.5 Å². The van der Waals surface area contributed by atoms with Gasteiger partial charge in [0.25, 0.3) is 0 Å². The minimum absolute atomic E-state index is 0.388. The summed E-state index contributed by atoms with van der Waals surface area (Å²) in [4.78, 5) is 22.5. The van der Waals surface area contributed by atoms with Crippen LogP contribution in [0, 0.1) is 0 Å². The fraction of sp³-hybridized carbons (Fsp3) is 0.778. The molecule has 6 heteroatoms. The highest BCUT2D eigenvalue weighted by atomic mass is 16.5. The van der Waals surface area contributed by atoms with E-state index in [1.165, 1.54) is 14.2 Å². The Morgan fingerprint density at radius 1 is 1.27 bits per heavy atom. The SMILES string of the molecule is COCCNC(=O)NC(C)(C)C(=O)OC. The van der Waals surface area contributed by atoms with Gasteiger partial charge in [-0.05, 0) is 13.8 Å². The highest BCUT2D eigenvalue weighted by Crippen LogP contribution is 2.03. The van der Waals surface area contributed by atoms with Crippen LogP contribution in [0.4, 0.5) is 4.79 Å². The van der Waals surface area contributed by atoms with Crippen molar-refractivity contribution in [1.29, 1.82) is 0 Å². The predicted octanol–water partition coefficient (Wildman–Crippen LogP) is -0.116. The number of hydrogen-bond acceptors (Lipinski definition) is 4. The quantitative estimate of drug-likeness (QED) is 0.498. The van der Waals surface area contributed by atoms with Crippen molar-refractivity contribution in [3.8, 4) is 0 Å². The lowest BCUT2D eigenvalue weighted by Gasteiger charge is -2.23. The highest BCUT2D eigenvalue weighted by Gasteiger charge is 2.30. The number of amides is 2. The Morgan fingerprint density at radius 2 is 1.87 bits per heavy atom. The van der Waals surface area contributed by atoms with Crippen molar-refractivity contribution in [3.05, 3.63) is 0 Å². The first-order chi connectivity index (χ1) is 6.94. The fourth-order valence-electron chi connectivity index (χ4n) is 0.901. The maximum atomic E-state index is 11.3. The standard InChI is InChI=1S/C9H18N2O4/c1-9(2,7(12)15-4)11-8(13)10-5-6-14-3/h5-6H2,1-4H3,(H2,10,11,13). The van der Waals surface area contributed by atoms with Crippen molar-refractivity contribution in [1.82, 2.24) is 10.6 Å². The van der Waals surface area contributed by atoms with Gasteiger partial charge in [-0.15, -0.1) is 0 Å². The van der Waals surface area contributed by atoms with E-state index in [0.29, 0.717) is 13.2 Å². The number of esters is 1. The molecule has 0 aromatic heterocycles. The molecule has 0 aliphatic carbocycles. The van der Waals surface area contributed by atoms with Gasteiger partial charge in [0.2, 0.25) is 0 Å². The molecule has 2 amide bonds. The molecule has 0 aliphatic rings. The second kappa shape index (κ2) is 6.23. The summed E-state index contributed by atoms with van der Waals surface area (Å²) in [7, 11) is 2.81. The van der Waals surface area contributed by atoms with Gasteiger partial charge >= 0.3 is 12.0 Å². The second-order valence-corrected chi connectivity index (χ2v) is 3.49. The van der Waals surface area contributed by atoms with Crippen molar-refractivity contribution >= 4 is 12.0 Å². The van der Waals surface area contributed by atoms with Crippen molar-refractivity contribution in [2.45, 2.75) is 19.4 Å². The molecule has 2 N–H and O–H groups in total. The van der Waals surface area contributed by atoms with E-state index in [1.54, 1.807) is 13.8 Å². The summed E-state index contributed by atoms with van der Waals surface area (Å²) in [5, 5.41) is 5.02. The maximum Gasteiger partial charge on any atom is 0.331 e. The van der Waals surface area contributed by atoms with Crippen LogP contribution in [0.3, 0.4) is 0 Å². The van der Waals surface area contributed by atoms with Gasteiger partial charge in [0.05, 0.1) is 13.7 Å². The third-order valence-corrected chi connectivity index (χ3v) is 1.71. The summed E-state index contributed by atoms with van der Waals surface area (Å²) in [6.07, 6.45) is 0. The first-order valence-corrected chi connectivity index (χ1v) is 4.57. The molecule has 0 spiro atoms. The van der Waals surface area contributed by atoms with E-state index in [0.717, 1.165) is 0 Å². The molecule has 6 nitrogen and oxygen atoms in total. The zero-order valence-corrected chi connectivity index (χ0v) is 9.55. The first kappa shape index (κ1) is 13.7.